The second-order valence-electron chi connectivity index (χ2n) is 6.66. The lowest BCUT2D eigenvalue weighted by atomic mass is 9.83. The van der Waals surface area contributed by atoms with Crippen molar-refractivity contribution in [1.29, 1.82) is 0 Å². The highest BCUT2D eigenvalue weighted by Crippen LogP contribution is 2.39. The van der Waals surface area contributed by atoms with Gasteiger partial charge in [-0.15, -0.1) is 0 Å². The van der Waals surface area contributed by atoms with Crippen LogP contribution < -0.4 is 10.1 Å². The van der Waals surface area contributed by atoms with Crippen molar-refractivity contribution in [1.82, 2.24) is 10.2 Å². The number of piperazine rings is 1. The fourth-order valence-electron chi connectivity index (χ4n) is 3.79. The fourth-order valence-corrected chi connectivity index (χ4v) is 3.79. The Labute approximate surface area is 122 Å². The standard InChI is InChI=1S/C17H26N2O/c1-17(2)12-18-9-10-19(17)16-6-4-5-13-11-14(20-3)7-8-15(13)16/h7-8,11,16,18H,4-6,9-10,12H2,1-3H3. The molecule has 0 amide bonds. The molecule has 1 atom stereocenters. The lowest BCUT2D eigenvalue weighted by Crippen LogP contribution is -2.59. The Morgan fingerprint density at radius 1 is 1.35 bits per heavy atom. The summed E-state index contributed by atoms with van der Waals surface area (Å²) in [5, 5.41) is 3.52. The number of aryl methyl sites for hydroxylation is 1. The van der Waals surface area contributed by atoms with Crippen molar-refractivity contribution in [3.8, 4) is 5.75 Å². The van der Waals surface area contributed by atoms with Gasteiger partial charge in [0, 0.05) is 31.2 Å². The van der Waals surface area contributed by atoms with Crippen molar-refractivity contribution in [2.45, 2.75) is 44.7 Å². The molecule has 1 aromatic rings. The minimum absolute atomic E-state index is 0.234. The van der Waals surface area contributed by atoms with Gasteiger partial charge in [0.05, 0.1) is 7.11 Å². The van der Waals surface area contributed by atoms with E-state index in [9.17, 15) is 0 Å². The van der Waals surface area contributed by atoms with E-state index >= 15 is 0 Å². The maximum Gasteiger partial charge on any atom is 0.119 e. The maximum atomic E-state index is 5.38. The van der Waals surface area contributed by atoms with Gasteiger partial charge in [-0.3, -0.25) is 4.90 Å². The second kappa shape index (κ2) is 5.38. The van der Waals surface area contributed by atoms with Crippen LogP contribution in [0.1, 0.15) is 43.9 Å². The van der Waals surface area contributed by atoms with Crippen molar-refractivity contribution in [3.63, 3.8) is 0 Å². The van der Waals surface area contributed by atoms with Gasteiger partial charge in [-0.25, -0.2) is 0 Å². The number of methoxy groups -OCH3 is 1. The lowest BCUT2D eigenvalue weighted by molar-refractivity contribution is 0.0364. The van der Waals surface area contributed by atoms with Gasteiger partial charge in [0.15, 0.2) is 0 Å². The molecule has 3 nitrogen and oxygen atoms in total. The van der Waals surface area contributed by atoms with Gasteiger partial charge >= 0.3 is 0 Å². The summed E-state index contributed by atoms with van der Waals surface area (Å²) in [7, 11) is 1.75. The van der Waals surface area contributed by atoms with Gasteiger partial charge in [-0.05, 0) is 56.4 Å². The van der Waals surface area contributed by atoms with E-state index in [0.29, 0.717) is 6.04 Å². The molecule has 1 unspecified atom stereocenters. The summed E-state index contributed by atoms with van der Waals surface area (Å²) in [6, 6.07) is 7.21. The maximum absolute atomic E-state index is 5.38. The Morgan fingerprint density at radius 2 is 2.20 bits per heavy atom. The summed E-state index contributed by atoms with van der Waals surface area (Å²) in [4.78, 5) is 2.70. The van der Waals surface area contributed by atoms with Gasteiger partial charge in [-0.1, -0.05) is 6.07 Å². The molecule has 2 aliphatic rings. The first-order chi connectivity index (χ1) is 9.62. The molecule has 0 radical (unpaired) electrons. The average molecular weight is 274 g/mol. The highest BCUT2D eigenvalue weighted by molar-refractivity contribution is 5.39. The Morgan fingerprint density at radius 3 is 2.95 bits per heavy atom. The van der Waals surface area contributed by atoms with Crippen LogP contribution in [0.15, 0.2) is 18.2 Å². The molecule has 0 bridgehead atoms. The molecule has 1 fully saturated rings. The summed E-state index contributed by atoms with van der Waals surface area (Å²) in [5.41, 5.74) is 3.24. The molecule has 20 heavy (non-hydrogen) atoms. The molecule has 0 saturated carbocycles. The highest BCUT2D eigenvalue weighted by atomic mass is 16.5. The number of ether oxygens (including phenoxy) is 1. The monoisotopic (exact) mass is 274 g/mol. The van der Waals surface area contributed by atoms with Crippen LogP contribution in [-0.2, 0) is 6.42 Å². The van der Waals surface area contributed by atoms with E-state index in [0.717, 1.165) is 25.4 Å². The summed E-state index contributed by atoms with van der Waals surface area (Å²) < 4.78 is 5.38. The molecular weight excluding hydrogens is 248 g/mol. The van der Waals surface area contributed by atoms with Crippen LogP contribution >= 0.6 is 0 Å². The van der Waals surface area contributed by atoms with Gasteiger partial charge in [0.25, 0.3) is 0 Å². The van der Waals surface area contributed by atoms with Crippen LogP contribution in [0.3, 0.4) is 0 Å². The van der Waals surface area contributed by atoms with E-state index in [1.807, 2.05) is 0 Å². The van der Waals surface area contributed by atoms with Crippen LogP contribution in [0, 0.1) is 0 Å². The quantitative estimate of drug-likeness (QED) is 0.897. The molecule has 1 heterocycles. The van der Waals surface area contributed by atoms with Crippen molar-refractivity contribution < 1.29 is 4.74 Å². The van der Waals surface area contributed by atoms with Crippen molar-refractivity contribution >= 4 is 0 Å². The molecule has 1 aliphatic heterocycles. The van der Waals surface area contributed by atoms with Crippen molar-refractivity contribution in [2.24, 2.45) is 0 Å². The Balaban J connectivity index is 1.93. The third-order valence-electron chi connectivity index (χ3n) is 4.87. The predicted molar refractivity (Wildman–Crippen MR) is 82.3 cm³/mol. The fraction of sp³-hybridized carbons (Fsp3) is 0.647. The van der Waals surface area contributed by atoms with Crippen LogP contribution in [0.25, 0.3) is 0 Å². The predicted octanol–water partition coefficient (Wildman–Crippen LogP) is 2.76. The first kappa shape index (κ1) is 13.9. The number of nitrogens with zero attached hydrogens (tertiary/aromatic N) is 1. The molecular formula is C17H26N2O. The minimum atomic E-state index is 0.234. The number of rotatable bonds is 2. The molecule has 0 aromatic heterocycles. The smallest absolute Gasteiger partial charge is 0.119 e. The van der Waals surface area contributed by atoms with E-state index in [4.69, 9.17) is 4.74 Å². The number of benzene rings is 1. The number of hydrogen-bond donors (Lipinski definition) is 1. The summed E-state index contributed by atoms with van der Waals surface area (Å²) in [6.45, 7) is 8.04. The highest BCUT2D eigenvalue weighted by Gasteiger charge is 2.37. The zero-order valence-corrected chi connectivity index (χ0v) is 12.9. The van der Waals surface area contributed by atoms with Gasteiger partial charge in [0.1, 0.15) is 5.75 Å². The third-order valence-corrected chi connectivity index (χ3v) is 4.87. The summed E-state index contributed by atoms with van der Waals surface area (Å²) >= 11 is 0. The Kier molecular flexibility index (Phi) is 3.74. The molecule has 110 valence electrons. The molecule has 1 aromatic carbocycles. The normalized spacial score (nSPS) is 26.1. The zero-order chi connectivity index (χ0) is 14.2. The molecule has 3 rings (SSSR count). The SMILES string of the molecule is COc1ccc2c(c1)CCCC2N1CCNCC1(C)C. The van der Waals surface area contributed by atoms with Gasteiger partial charge < -0.3 is 10.1 Å². The van der Waals surface area contributed by atoms with E-state index in [1.54, 1.807) is 7.11 Å². The Bertz CT molecular complexity index is 484. The number of nitrogens with one attached hydrogen (secondary N) is 1. The molecule has 1 N–H and O–H groups in total. The van der Waals surface area contributed by atoms with Crippen LogP contribution in [0.2, 0.25) is 0 Å². The third kappa shape index (κ3) is 2.45. The average Bonchev–Trinajstić information content (AvgIpc) is 2.46. The largest absolute Gasteiger partial charge is 0.497 e. The summed E-state index contributed by atoms with van der Waals surface area (Å²) in [5.74, 6) is 0.990. The molecule has 1 aliphatic carbocycles. The molecule has 1 saturated heterocycles. The van der Waals surface area contributed by atoms with E-state index in [1.165, 1.54) is 30.4 Å². The first-order valence-electron chi connectivity index (χ1n) is 7.76. The van der Waals surface area contributed by atoms with E-state index < -0.39 is 0 Å². The van der Waals surface area contributed by atoms with Crippen molar-refractivity contribution in [2.75, 3.05) is 26.7 Å². The number of fused-ring (bicyclic) bond motifs is 1. The van der Waals surface area contributed by atoms with Crippen LogP contribution in [0.4, 0.5) is 0 Å². The van der Waals surface area contributed by atoms with Gasteiger partial charge in [-0.2, -0.15) is 0 Å². The minimum Gasteiger partial charge on any atom is -0.497 e. The van der Waals surface area contributed by atoms with Crippen LogP contribution in [0.5, 0.6) is 5.75 Å². The zero-order valence-electron chi connectivity index (χ0n) is 12.9. The van der Waals surface area contributed by atoms with Crippen molar-refractivity contribution in [3.05, 3.63) is 29.3 Å². The molecule has 3 heteroatoms. The summed E-state index contributed by atoms with van der Waals surface area (Å²) in [6.07, 6.45) is 3.75. The Hall–Kier alpha value is -1.06. The lowest BCUT2D eigenvalue weighted by Gasteiger charge is -2.49. The topological polar surface area (TPSA) is 24.5 Å². The van der Waals surface area contributed by atoms with Crippen LogP contribution in [-0.4, -0.2) is 37.2 Å². The second-order valence-corrected chi connectivity index (χ2v) is 6.66. The molecule has 0 spiro atoms. The number of hydrogen-bond acceptors (Lipinski definition) is 3. The van der Waals surface area contributed by atoms with E-state index in [2.05, 4.69) is 42.3 Å². The van der Waals surface area contributed by atoms with E-state index in [-0.39, 0.29) is 5.54 Å². The van der Waals surface area contributed by atoms with Gasteiger partial charge in [0.2, 0.25) is 0 Å². The first-order valence-corrected chi connectivity index (χ1v) is 7.76.